The Labute approximate surface area is 118 Å². The highest BCUT2D eigenvalue weighted by Gasteiger charge is 2.19. The molecular formula is C15H21NO4. The van der Waals surface area contributed by atoms with Crippen LogP contribution in [0.3, 0.4) is 0 Å². The monoisotopic (exact) mass is 279 g/mol. The van der Waals surface area contributed by atoms with Crippen molar-refractivity contribution in [1.29, 1.82) is 0 Å². The number of carboxylic acids is 1. The lowest BCUT2D eigenvalue weighted by atomic mass is 10.0. The number of carboxylic acid groups (broad SMARTS) is 1. The molecule has 1 amide bonds. The molecule has 0 saturated heterocycles. The fraction of sp³-hybridized carbons (Fsp3) is 0.467. The number of hydrogen-bond acceptors (Lipinski definition) is 3. The minimum absolute atomic E-state index is 0.0500. The molecule has 5 heteroatoms. The summed E-state index contributed by atoms with van der Waals surface area (Å²) in [6.07, 6.45) is -0.0894. The van der Waals surface area contributed by atoms with Crippen LogP contribution in [0.15, 0.2) is 24.3 Å². The van der Waals surface area contributed by atoms with Gasteiger partial charge in [0.25, 0.3) is 5.91 Å². The van der Waals surface area contributed by atoms with Crippen molar-refractivity contribution in [3.05, 3.63) is 29.8 Å². The maximum Gasteiger partial charge on any atom is 0.305 e. The molecule has 0 aliphatic heterocycles. The Morgan fingerprint density at radius 2 is 2.05 bits per heavy atom. The van der Waals surface area contributed by atoms with Gasteiger partial charge in [0.2, 0.25) is 0 Å². The molecule has 2 N–H and O–H groups in total. The minimum atomic E-state index is -0.927. The van der Waals surface area contributed by atoms with Gasteiger partial charge in [0.15, 0.2) is 6.61 Å². The number of benzene rings is 1. The van der Waals surface area contributed by atoms with E-state index in [1.54, 1.807) is 6.07 Å². The first-order chi connectivity index (χ1) is 9.38. The van der Waals surface area contributed by atoms with Gasteiger partial charge in [-0.25, -0.2) is 0 Å². The zero-order valence-electron chi connectivity index (χ0n) is 12.1. The number of rotatable bonds is 7. The van der Waals surface area contributed by atoms with Crippen LogP contribution in [0.4, 0.5) is 0 Å². The third-order valence-corrected chi connectivity index (χ3v) is 2.91. The van der Waals surface area contributed by atoms with Crippen LogP contribution in [0, 0.1) is 12.8 Å². The Balaban J connectivity index is 2.47. The largest absolute Gasteiger partial charge is 0.484 e. The van der Waals surface area contributed by atoms with Crippen LogP contribution >= 0.6 is 0 Å². The van der Waals surface area contributed by atoms with Crippen LogP contribution in [0.25, 0.3) is 0 Å². The van der Waals surface area contributed by atoms with Crippen LogP contribution in [-0.2, 0) is 9.59 Å². The van der Waals surface area contributed by atoms with Gasteiger partial charge in [0.1, 0.15) is 5.75 Å². The molecule has 0 saturated carbocycles. The van der Waals surface area contributed by atoms with Gasteiger partial charge in [-0.2, -0.15) is 0 Å². The molecule has 20 heavy (non-hydrogen) atoms. The average molecular weight is 279 g/mol. The summed E-state index contributed by atoms with van der Waals surface area (Å²) >= 11 is 0. The van der Waals surface area contributed by atoms with E-state index in [4.69, 9.17) is 9.84 Å². The number of amides is 1. The molecule has 0 aliphatic carbocycles. The molecule has 1 unspecified atom stereocenters. The number of carbonyl (C=O) groups is 2. The van der Waals surface area contributed by atoms with Gasteiger partial charge in [-0.1, -0.05) is 26.0 Å². The molecule has 1 aromatic carbocycles. The van der Waals surface area contributed by atoms with Gasteiger partial charge < -0.3 is 15.2 Å². The molecule has 0 radical (unpaired) electrons. The summed E-state index contributed by atoms with van der Waals surface area (Å²) in [6, 6.07) is 7.02. The lowest BCUT2D eigenvalue weighted by molar-refractivity contribution is -0.138. The quantitative estimate of drug-likeness (QED) is 0.800. The van der Waals surface area contributed by atoms with Crippen LogP contribution in [0.1, 0.15) is 25.8 Å². The highest BCUT2D eigenvalue weighted by Crippen LogP contribution is 2.12. The predicted molar refractivity (Wildman–Crippen MR) is 75.7 cm³/mol. The summed E-state index contributed by atoms with van der Waals surface area (Å²) in [5, 5.41) is 11.5. The lowest BCUT2D eigenvalue weighted by Gasteiger charge is -2.20. The molecule has 0 spiro atoms. The number of nitrogens with one attached hydrogen (secondary N) is 1. The van der Waals surface area contributed by atoms with E-state index in [9.17, 15) is 9.59 Å². The van der Waals surface area contributed by atoms with Crippen molar-refractivity contribution in [2.45, 2.75) is 33.2 Å². The Kier molecular flexibility index (Phi) is 6.03. The van der Waals surface area contributed by atoms with Crippen molar-refractivity contribution in [2.24, 2.45) is 5.92 Å². The molecular weight excluding hydrogens is 258 g/mol. The number of ether oxygens (including phenoxy) is 1. The molecule has 0 fully saturated rings. The number of carbonyl (C=O) groups excluding carboxylic acids is 1. The zero-order chi connectivity index (χ0) is 15.1. The molecule has 0 aromatic heterocycles. The number of hydrogen-bond donors (Lipinski definition) is 2. The standard InChI is InChI=1S/C15H21NO4/c1-10(2)13(8-15(18)19)16-14(17)9-20-12-6-4-5-11(3)7-12/h4-7,10,13H,8-9H2,1-3H3,(H,16,17)(H,18,19). The Morgan fingerprint density at radius 3 is 2.60 bits per heavy atom. The van der Waals surface area contributed by atoms with Crippen LogP contribution in [0.2, 0.25) is 0 Å². The normalized spacial score (nSPS) is 12.0. The number of aryl methyl sites for hydroxylation is 1. The van der Waals surface area contributed by atoms with Gasteiger partial charge in [0.05, 0.1) is 6.42 Å². The summed E-state index contributed by atoms with van der Waals surface area (Å²) in [6.45, 7) is 5.56. The predicted octanol–water partition coefficient (Wildman–Crippen LogP) is 1.99. The topological polar surface area (TPSA) is 75.6 Å². The van der Waals surface area contributed by atoms with E-state index in [1.807, 2.05) is 39.0 Å². The third-order valence-electron chi connectivity index (χ3n) is 2.91. The molecule has 1 aromatic rings. The van der Waals surface area contributed by atoms with Crippen LogP contribution in [-0.4, -0.2) is 29.6 Å². The summed E-state index contributed by atoms with van der Waals surface area (Å²) in [7, 11) is 0. The molecule has 0 bridgehead atoms. The first-order valence-corrected chi connectivity index (χ1v) is 6.59. The van der Waals surface area contributed by atoms with Gasteiger partial charge in [-0.15, -0.1) is 0 Å². The third kappa shape index (κ3) is 5.73. The van der Waals surface area contributed by atoms with E-state index in [2.05, 4.69) is 5.32 Å². The van der Waals surface area contributed by atoms with Crippen molar-refractivity contribution < 1.29 is 19.4 Å². The maximum absolute atomic E-state index is 11.8. The molecule has 1 atom stereocenters. The van der Waals surface area contributed by atoms with E-state index < -0.39 is 5.97 Å². The molecule has 5 nitrogen and oxygen atoms in total. The van der Waals surface area contributed by atoms with E-state index in [1.165, 1.54) is 0 Å². The highest BCUT2D eigenvalue weighted by atomic mass is 16.5. The highest BCUT2D eigenvalue weighted by molar-refractivity contribution is 5.78. The van der Waals surface area contributed by atoms with E-state index in [-0.39, 0.29) is 30.9 Å². The van der Waals surface area contributed by atoms with Crippen LogP contribution in [0.5, 0.6) is 5.75 Å². The van der Waals surface area contributed by atoms with Gasteiger partial charge in [0, 0.05) is 6.04 Å². The van der Waals surface area contributed by atoms with Crippen molar-refractivity contribution in [2.75, 3.05) is 6.61 Å². The summed E-state index contributed by atoms with van der Waals surface area (Å²) in [4.78, 5) is 22.5. The van der Waals surface area contributed by atoms with Gasteiger partial charge in [-0.05, 0) is 30.5 Å². The molecule has 1 rings (SSSR count). The fourth-order valence-electron chi connectivity index (χ4n) is 1.74. The summed E-state index contributed by atoms with van der Waals surface area (Å²) < 4.78 is 5.37. The fourth-order valence-corrected chi connectivity index (χ4v) is 1.74. The van der Waals surface area contributed by atoms with Gasteiger partial charge >= 0.3 is 5.97 Å². The van der Waals surface area contributed by atoms with Crippen molar-refractivity contribution in [3.8, 4) is 5.75 Å². The van der Waals surface area contributed by atoms with E-state index in [0.29, 0.717) is 5.75 Å². The smallest absolute Gasteiger partial charge is 0.305 e. The summed E-state index contributed by atoms with van der Waals surface area (Å²) in [5.74, 6) is -0.566. The Morgan fingerprint density at radius 1 is 1.35 bits per heavy atom. The van der Waals surface area contributed by atoms with E-state index in [0.717, 1.165) is 5.56 Å². The Hall–Kier alpha value is -2.04. The molecule has 110 valence electrons. The molecule has 0 heterocycles. The van der Waals surface area contributed by atoms with E-state index >= 15 is 0 Å². The number of aliphatic carboxylic acids is 1. The SMILES string of the molecule is Cc1cccc(OCC(=O)NC(CC(=O)O)C(C)C)c1. The van der Waals surface area contributed by atoms with Crippen LogP contribution < -0.4 is 10.1 Å². The first-order valence-electron chi connectivity index (χ1n) is 6.59. The average Bonchev–Trinajstić information content (AvgIpc) is 2.35. The zero-order valence-corrected chi connectivity index (χ0v) is 12.1. The second-order valence-corrected chi connectivity index (χ2v) is 5.12. The van der Waals surface area contributed by atoms with Gasteiger partial charge in [-0.3, -0.25) is 9.59 Å². The van der Waals surface area contributed by atoms with Crippen molar-refractivity contribution in [1.82, 2.24) is 5.32 Å². The summed E-state index contributed by atoms with van der Waals surface area (Å²) in [5.41, 5.74) is 1.05. The lowest BCUT2D eigenvalue weighted by Crippen LogP contribution is -2.42. The van der Waals surface area contributed by atoms with Crippen molar-refractivity contribution >= 4 is 11.9 Å². The van der Waals surface area contributed by atoms with Crippen molar-refractivity contribution in [3.63, 3.8) is 0 Å². The second kappa shape index (κ2) is 7.53. The Bertz CT molecular complexity index is 471. The first kappa shape index (κ1) is 16.0. The minimum Gasteiger partial charge on any atom is -0.484 e. The maximum atomic E-state index is 11.8. The molecule has 0 aliphatic rings. The second-order valence-electron chi connectivity index (χ2n) is 5.12.